The molecule has 2 aromatic rings. The first-order chi connectivity index (χ1) is 9.90. The van der Waals surface area contributed by atoms with Crippen LogP contribution in [0.4, 0.5) is 24.8 Å². The number of aromatic nitrogens is 1. The summed E-state index contributed by atoms with van der Waals surface area (Å²) in [5, 5.41) is 3.32. The van der Waals surface area contributed by atoms with Gasteiger partial charge >= 0.3 is 6.18 Å². The summed E-state index contributed by atoms with van der Waals surface area (Å²) in [4.78, 5) is 3.92. The molecule has 0 fully saturated rings. The molecule has 1 heterocycles. The molecule has 0 aliphatic rings. The number of hydrazine groups is 1. The molecular weight excluding hydrogens is 305 g/mol. The fourth-order valence-electron chi connectivity index (χ4n) is 1.69. The number of anilines is 2. The summed E-state index contributed by atoms with van der Waals surface area (Å²) in [5.74, 6) is 5.11. The first-order valence-corrected chi connectivity index (χ1v) is 6.31. The molecule has 0 radical (unpaired) electrons. The molecule has 8 heteroatoms. The maximum Gasteiger partial charge on any atom is 0.416 e. The lowest BCUT2D eigenvalue weighted by Gasteiger charge is -2.13. The van der Waals surface area contributed by atoms with Gasteiger partial charge in [-0.2, -0.15) is 13.2 Å². The second-order valence-corrected chi connectivity index (χ2v) is 4.62. The van der Waals surface area contributed by atoms with Crippen LogP contribution < -0.4 is 16.6 Å². The van der Waals surface area contributed by atoms with Crippen LogP contribution in [0.15, 0.2) is 36.4 Å². The van der Waals surface area contributed by atoms with Gasteiger partial charge in [0.2, 0.25) is 0 Å². The van der Waals surface area contributed by atoms with Crippen LogP contribution in [0.25, 0.3) is 0 Å². The molecule has 1 aromatic heterocycles. The summed E-state index contributed by atoms with van der Waals surface area (Å²) >= 11 is 5.98. The zero-order valence-corrected chi connectivity index (χ0v) is 11.5. The standard InChI is InChI=1S/C13H12ClF3N4/c14-10-4-2-1-3-8(10)7-19-11-5-9(13(15,16)17)6-12(20-11)21-18/h1-6H,7,18H2,(H2,19,20,21). The number of halogens is 4. The molecule has 0 aliphatic carbocycles. The van der Waals surface area contributed by atoms with Crippen molar-refractivity contribution in [2.24, 2.45) is 5.84 Å². The van der Waals surface area contributed by atoms with Crippen LogP contribution in [-0.2, 0) is 12.7 Å². The van der Waals surface area contributed by atoms with Gasteiger partial charge in [0, 0.05) is 11.6 Å². The summed E-state index contributed by atoms with van der Waals surface area (Å²) in [5.41, 5.74) is 2.02. The van der Waals surface area contributed by atoms with E-state index in [1.807, 2.05) is 0 Å². The molecule has 0 aliphatic heterocycles. The topological polar surface area (TPSA) is 63.0 Å². The minimum absolute atomic E-state index is 0.0534. The molecule has 0 bridgehead atoms. The van der Waals surface area contributed by atoms with E-state index in [-0.39, 0.29) is 18.2 Å². The molecule has 4 nitrogen and oxygen atoms in total. The van der Waals surface area contributed by atoms with E-state index in [1.54, 1.807) is 24.3 Å². The fourth-order valence-corrected chi connectivity index (χ4v) is 1.89. The smallest absolute Gasteiger partial charge is 0.366 e. The van der Waals surface area contributed by atoms with E-state index in [1.165, 1.54) is 0 Å². The number of hydrogen-bond acceptors (Lipinski definition) is 4. The van der Waals surface area contributed by atoms with Gasteiger partial charge in [-0.15, -0.1) is 0 Å². The van der Waals surface area contributed by atoms with Crippen LogP contribution in [0, 0.1) is 0 Å². The van der Waals surface area contributed by atoms with E-state index < -0.39 is 11.7 Å². The molecular formula is C13H12ClF3N4. The molecule has 112 valence electrons. The van der Waals surface area contributed by atoms with Crippen LogP contribution in [0.2, 0.25) is 5.02 Å². The maximum atomic E-state index is 12.8. The summed E-state index contributed by atoms with van der Waals surface area (Å²) in [6.07, 6.45) is -4.48. The van der Waals surface area contributed by atoms with E-state index in [2.05, 4.69) is 15.7 Å². The van der Waals surface area contributed by atoms with Crippen molar-refractivity contribution in [3.05, 3.63) is 52.5 Å². The maximum absolute atomic E-state index is 12.8. The van der Waals surface area contributed by atoms with Gasteiger partial charge in [0.05, 0.1) is 5.56 Å². The number of nitrogens with one attached hydrogen (secondary N) is 2. The Morgan fingerprint density at radius 1 is 1.14 bits per heavy atom. The van der Waals surface area contributed by atoms with Gasteiger partial charge in [-0.05, 0) is 23.8 Å². The summed E-state index contributed by atoms with van der Waals surface area (Å²) in [7, 11) is 0. The SMILES string of the molecule is NNc1cc(C(F)(F)F)cc(NCc2ccccc2Cl)n1. The molecule has 0 saturated carbocycles. The Morgan fingerprint density at radius 2 is 1.81 bits per heavy atom. The zero-order valence-electron chi connectivity index (χ0n) is 10.7. The highest BCUT2D eigenvalue weighted by molar-refractivity contribution is 6.31. The average Bonchev–Trinajstić information content (AvgIpc) is 2.45. The number of nitrogens with two attached hydrogens (primary N) is 1. The number of rotatable bonds is 4. The average molecular weight is 317 g/mol. The van der Waals surface area contributed by atoms with Gasteiger partial charge < -0.3 is 10.7 Å². The first-order valence-electron chi connectivity index (χ1n) is 5.93. The number of nitrogens with zero attached hydrogens (tertiary/aromatic N) is 1. The number of pyridine rings is 1. The minimum atomic E-state index is -4.48. The molecule has 21 heavy (non-hydrogen) atoms. The number of hydrogen-bond donors (Lipinski definition) is 3. The normalized spacial score (nSPS) is 11.3. The Bertz CT molecular complexity index is 631. The van der Waals surface area contributed by atoms with Gasteiger partial charge in [0.1, 0.15) is 11.6 Å². The number of nitrogen functional groups attached to an aromatic ring is 1. The van der Waals surface area contributed by atoms with Crippen molar-refractivity contribution < 1.29 is 13.2 Å². The van der Waals surface area contributed by atoms with Gasteiger partial charge in [-0.1, -0.05) is 29.8 Å². The Morgan fingerprint density at radius 3 is 2.43 bits per heavy atom. The van der Waals surface area contributed by atoms with Crippen LogP contribution in [0.5, 0.6) is 0 Å². The third-order valence-corrected chi connectivity index (χ3v) is 3.09. The lowest BCUT2D eigenvalue weighted by atomic mass is 10.2. The summed E-state index contributed by atoms with van der Waals surface area (Å²) < 4.78 is 38.3. The third kappa shape index (κ3) is 3.99. The van der Waals surface area contributed by atoms with E-state index >= 15 is 0 Å². The molecule has 0 amide bonds. The predicted octanol–water partition coefficient (Wildman–Crippen LogP) is 3.65. The predicted molar refractivity (Wildman–Crippen MR) is 75.8 cm³/mol. The Kier molecular flexibility index (Phi) is 4.54. The van der Waals surface area contributed by atoms with E-state index in [0.29, 0.717) is 5.02 Å². The van der Waals surface area contributed by atoms with Crippen molar-refractivity contribution in [3.8, 4) is 0 Å². The van der Waals surface area contributed by atoms with Gasteiger partial charge in [-0.3, -0.25) is 0 Å². The monoisotopic (exact) mass is 316 g/mol. The summed E-state index contributed by atoms with van der Waals surface area (Å²) in [6, 6.07) is 8.77. The van der Waals surface area contributed by atoms with Crippen LogP contribution in [0.3, 0.4) is 0 Å². The van der Waals surface area contributed by atoms with E-state index in [4.69, 9.17) is 17.4 Å². The Balaban J connectivity index is 2.22. The number of benzene rings is 1. The van der Waals surface area contributed by atoms with Crippen LogP contribution >= 0.6 is 11.6 Å². The Hall–Kier alpha value is -1.99. The molecule has 0 saturated heterocycles. The third-order valence-electron chi connectivity index (χ3n) is 2.72. The van der Waals surface area contributed by atoms with Crippen molar-refractivity contribution in [3.63, 3.8) is 0 Å². The van der Waals surface area contributed by atoms with Gasteiger partial charge in [0.15, 0.2) is 0 Å². The molecule has 0 unspecified atom stereocenters. The molecule has 0 atom stereocenters. The van der Waals surface area contributed by atoms with Gasteiger partial charge in [0.25, 0.3) is 0 Å². The largest absolute Gasteiger partial charge is 0.416 e. The Labute approximate surface area is 124 Å². The van der Waals surface area contributed by atoms with Crippen LogP contribution in [-0.4, -0.2) is 4.98 Å². The zero-order chi connectivity index (χ0) is 15.5. The highest BCUT2D eigenvalue weighted by Crippen LogP contribution is 2.32. The molecule has 0 spiro atoms. The lowest BCUT2D eigenvalue weighted by Crippen LogP contribution is -2.14. The lowest BCUT2D eigenvalue weighted by molar-refractivity contribution is -0.137. The van der Waals surface area contributed by atoms with Crippen molar-refractivity contribution in [1.29, 1.82) is 0 Å². The second kappa shape index (κ2) is 6.19. The highest BCUT2D eigenvalue weighted by Gasteiger charge is 2.31. The quantitative estimate of drug-likeness (QED) is 0.595. The van der Waals surface area contributed by atoms with Crippen molar-refractivity contribution in [2.45, 2.75) is 12.7 Å². The van der Waals surface area contributed by atoms with Gasteiger partial charge in [-0.25, -0.2) is 10.8 Å². The first kappa shape index (κ1) is 15.4. The van der Waals surface area contributed by atoms with Crippen LogP contribution in [0.1, 0.15) is 11.1 Å². The molecule has 1 aromatic carbocycles. The molecule has 4 N–H and O–H groups in total. The molecule has 2 rings (SSSR count). The van der Waals surface area contributed by atoms with Crippen molar-refractivity contribution >= 4 is 23.2 Å². The number of alkyl halides is 3. The minimum Gasteiger partial charge on any atom is -0.366 e. The van der Waals surface area contributed by atoms with Crippen molar-refractivity contribution in [1.82, 2.24) is 4.98 Å². The fraction of sp³-hybridized carbons (Fsp3) is 0.154. The van der Waals surface area contributed by atoms with Crippen molar-refractivity contribution in [2.75, 3.05) is 10.7 Å². The van der Waals surface area contributed by atoms with E-state index in [9.17, 15) is 13.2 Å². The summed E-state index contributed by atoms with van der Waals surface area (Å²) in [6.45, 7) is 0.248. The highest BCUT2D eigenvalue weighted by atomic mass is 35.5. The second-order valence-electron chi connectivity index (χ2n) is 4.21. The van der Waals surface area contributed by atoms with E-state index in [0.717, 1.165) is 17.7 Å².